The van der Waals surface area contributed by atoms with E-state index in [-0.39, 0.29) is 261 Å². The van der Waals surface area contributed by atoms with Crippen LogP contribution in [0.1, 0.15) is 96.1 Å². The summed E-state index contributed by atoms with van der Waals surface area (Å²) in [6, 6.07) is 84.2. The molecule has 15 rings (SSSR count). The van der Waals surface area contributed by atoms with E-state index < -0.39 is 14.3 Å². The molecule has 0 atom stereocenters. The van der Waals surface area contributed by atoms with Gasteiger partial charge in [-0.1, -0.05) is 188 Å². The number of aromatic amines is 1. The number of hydrogen-bond donors (Lipinski definition) is 3. The number of nitrogens with one attached hydrogen (secondary N) is 1. The first-order valence-corrected chi connectivity index (χ1v) is 37.9. The molecule has 8 aromatic carbocycles. The van der Waals surface area contributed by atoms with Crippen molar-refractivity contribution >= 4 is 160 Å². The molecule has 15 aromatic rings. The topological polar surface area (TPSA) is 277 Å². The molecule has 596 valence electrons. The Morgan fingerprint density at radius 2 is 0.824 bits per heavy atom. The average molecular weight is 2080 g/mol. The van der Waals surface area contributed by atoms with Crippen LogP contribution in [-0.4, -0.2) is 101 Å². The monoisotopic (exact) mass is 2080 g/mol. The standard InChI is InChI=1S/2C21H16N2O.C16H12BrNO.C11H9Cl.C5H6BNO2.C5H4BrNO.C5H10.C2H4Cl2.CH3F.2CH2O3.2Cs.2K.2H/c2*24-15-19-10-11-21(17-8-4-12-22-13-17)23(19)14-18-7-3-6-16-5-1-2-9-20(16)18;17-16-9-8-14(11-19)18(16)10-13-6-3-5-12-4-1-2-7-15(12)13;12-8-10-6-3-5-9-4-1-2-7-11(9)10;8-6(9)5-2-1-3-7-4-5;6-5-2-1-4(3-8)7-5;1-4-5(2)3;1-2(3)4;1-2;2*2-1-4-3;;;;;;/h2*1-13,15H,14H2;1-9,11H,10H2;1-7H,8H2;1-4,8-9H;1-3,7H;4H,1-3H3;2H,1H3;1H3;2*1,3H;;;;;;/q;;;;;;;;;;;4*+1;2*-1/p-2/i;;;;;;;;1D;;;;;;;;. The van der Waals surface area contributed by atoms with Crippen LogP contribution >= 0.6 is 66.7 Å². The smallest absolute Gasteiger partial charge is 1.00 e. The summed E-state index contributed by atoms with van der Waals surface area (Å²) >= 11 is 22.5. The molecule has 0 aliphatic heterocycles. The number of H-pyrrole nitrogens is 1. The maximum atomic E-state index is 11.5. The number of fused-ring (bicyclic) bond motifs is 4. The molecule has 0 unspecified atom stereocenters. The number of aldehydes is 4. The first-order valence-electron chi connectivity index (χ1n) is 35.6. The number of hydrogen-bond acceptors (Lipinski definition) is 15. The van der Waals surface area contributed by atoms with E-state index in [4.69, 9.17) is 66.3 Å². The van der Waals surface area contributed by atoms with Gasteiger partial charge in [-0.3, -0.25) is 48.1 Å². The summed E-state index contributed by atoms with van der Waals surface area (Å²) in [6.07, 6.45) is 15.7. The van der Waals surface area contributed by atoms with Crippen molar-refractivity contribution in [2.75, 3.05) is 7.15 Å². The van der Waals surface area contributed by atoms with Crippen LogP contribution in [0.4, 0.5) is 4.39 Å². The Hall–Kier alpha value is -4.23. The van der Waals surface area contributed by atoms with Crippen LogP contribution in [0, 0.1) is 0 Å². The summed E-state index contributed by atoms with van der Waals surface area (Å²) in [5, 5.41) is 43.7. The molecule has 0 spiro atoms. The number of alkyl halides is 4. The third kappa shape index (κ3) is 39.5. The van der Waals surface area contributed by atoms with Gasteiger partial charge in [-0.05, 0) is 204 Å². The maximum absolute atomic E-state index is 11.5. The summed E-state index contributed by atoms with van der Waals surface area (Å²) in [6.45, 7) is 9.51. The summed E-state index contributed by atoms with van der Waals surface area (Å²) in [5.74, 6) is 0.585. The van der Waals surface area contributed by atoms with Crippen molar-refractivity contribution in [3.8, 4) is 22.5 Å². The fourth-order valence-corrected chi connectivity index (χ4v) is 12.0. The van der Waals surface area contributed by atoms with Gasteiger partial charge in [-0.25, -0.2) is 0 Å². The van der Waals surface area contributed by atoms with E-state index in [1.54, 1.807) is 49.8 Å². The molecular weight excluding hydrogens is 2000 g/mol. The molecule has 0 aliphatic carbocycles. The van der Waals surface area contributed by atoms with Crippen LogP contribution in [-0.2, 0) is 44.9 Å². The Bertz CT molecular complexity index is 5310. The molecule has 0 amide bonds. The van der Waals surface area contributed by atoms with Gasteiger partial charge in [-0.2, -0.15) is 0 Å². The van der Waals surface area contributed by atoms with E-state index in [0.717, 1.165) is 56.9 Å². The zero-order chi connectivity index (χ0) is 84.4. The third-order valence-corrected chi connectivity index (χ3v) is 17.8. The minimum Gasteiger partial charge on any atom is -1.00 e. The third-order valence-electron chi connectivity index (χ3n) is 16.4. The average Bonchev–Trinajstić information content (AvgIpc) is 1.66. The van der Waals surface area contributed by atoms with Gasteiger partial charge in [0.05, 0.1) is 51.9 Å². The second-order valence-corrected chi connectivity index (χ2v) is 27.4. The molecule has 19 nitrogen and oxygen atoms in total. The fraction of sp³-hybridized carbons (Fsp3) is 0.112. The number of rotatable bonds is 16. The number of aromatic nitrogens is 7. The van der Waals surface area contributed by atoms with E-state index in [2.05, 4.69) is 197 Å². The number of carbonyl (C=O) groups is 6. The second-order valence-electron chi connectivity index (χ2n) is 24.0. The van der Waals surface area contributed by atoms with E-state index in [1.165, 1.54) is 77.1 Å². The Morgan fingerprint density at radius 1 is 0.504 bits per heavy atom. The zero-order valence-corrected chi connectivity index (χ0v) is 91.1. The van der Waals surface area contributed by atoms with Crippen LogP contribution in [0.15, 0.2) is 313 Å². The Morgan fingerprint density at radius 3 is 1.10 bits per heavy atom. The van der Waals surface area contributed by atoms with Gasteiger partial charge in [0.25, 0.3) is 12.9 Å². The summed E-state index contributed by atoms with van der Waals surface area (Å²) in [4.78, 5) is 81.1. The maximum Gasteiger partial charge on any atom is 1.00 e. The van der Waals surface area contributed by atoms with Crippen LogP contribution < -0.4 is 257 Å². The molecule has 0 aliphatic rings. The van der Waals surface area contributed by atoms with E-state index in [0.29, 0.717) is 53.8 Å². The predicted molar refractivity (Wildman–Crippen MR) is 464 cm³/mol. The molecule has 0 saturated carbocycles. The van der Waals surface area contributed by atoms with Crippen molar-refractivity contribution in [3.63, 3.8) is 0 Å². The minimum atomic E-state index is -1.40. The quantitative estimate of drug-likeness (QED) is 0.0224. The molecular formula is C89H84BBr2Cl3Cs2FK2N7O12. The number of halogens is 6. The normalized spacial score (nSPS) is 9.55. The molecule has 7 aromatic heterocycles. The van der Waals surface area contributed by atoms with Crippen molar-refractivity contribution in [3.05, 3.63) is 358 Å². The van der Waals surface area contributed by atoms with Crippen LogP contribution in [0.5, 0.6) is 0 Å². The number of nitrogens with zero attached hydrogens (tertiary/aromatic N) is 6. The Kier molecular flexibility index (Phi) is 61.7. The van der Waals surface area contributed by atoms with Gasteiger partial charge in [0.1, 0.15) is 4.84 Å². The second kappa shape index (κ2) is 66.3. The van der Waals surface area contributed by atoms with Gasteiger partial charge < -0.3 is 51.9 Å². The SMILES string of the molecule is CC(Cl)Cl.CC=C(C)C.ClCc1cccc2ccccc12.O=CO[O-].O=CO[O-].O=Cc1ccc(-c2cccnc2)n1Cc1cccc2ccccc12.O=Cc1ccc(-c2cccnc2)n1Cc1cccc2ccccc12.O=Cc1ccc(Br)[nH]1.O=Cc1ccc(Br)n1Cc1cccc2ccccc12.OB(O)c1cccnc1.[2H]CF.[Cs+].[Cs+].[H-].[H-].[K+].[K+]. The van der Waals surface area contributed by atoms with E-state index in [1.807, 2.05) is 148 Å². The van der Waals surface area contributed by atoms with Crippen molar-refractivity contribution in [2.24, 2.45) is 0 Å². The molecule has 0 fully saturated rings. The number of allylic oxidation sites excluding steroid dienone is 2. The van der Waals surface area contributed by atoms with E-state index >= 15 is 0 Å². The fourth-order valence-electron chi connectivity index (χ4n) is 11.0. The Labute approximate surface area is 931 Å². The first kappa shape index (κ1) is 111. The van der Waals surface area contributed by atoms with Gasteiger partial charge in [0, 0.05) is 79.3 Å². The summed E-state index contributed by atoms with van der Waals surface area (Å²) in [7, 11) is -2.40. The number of carbonyl (C=O) groups excluding carboxylic acids is 6. The Balaban J connectivity index is 0. The van der Waals surface area contributed by atoms with Crippen LogP contribution in [0.25, 0.3) is 65.6 Å². The van der Waals surface area contributed by atoms with Crippen LogP contribution in [0.3, 0.4) is 0 Å². The minimum absolute atomic E-state index is 0. The summed E-state index contributed by atoms with van der Waals surface area (Å²) < 4.78 is 23.3. The van der Waals surface area contributed by atoms with Crippen molar-refractivity contribution in [1.82, 2.24) is 33.6 Å². The molecule has 30 heteroatoms. The first-order chi connectivity index (χ1) is 56.3. The predicted octanol–water partition coefficient (Wildman–Crippen LogP) is 6.80. The van der Waals surface area contributed by atoms with E-state index in [9.17, 15) is 23.6 Å². The molecule has 7 heterocycles. The molecule has 119 heavy (non-hydrogen) atoms. The van der Waals surface area contributed by atoms with Gasteiger partial charge in [0.15, 0.2) is 25.1 Å². The molecule has 0 radical (unpaired) electrons. The largest absolute Gasteiger partial charge is 1.00 e. The summed E-state index contributed by atoms with van der Waals surface area (Å²) in [5.41, 5.74) is 13.2. The molecule has 0 saturated heterocycles. The molecule has 0 bridgehead atoms. The van der Waals surface area contributed by atoms with Crippen molar-refractivity contribution < 1.29 is 308 Å². The van der Waals surface area contributed by atoms with Gasteiger partial charge in [-0.15, -0.1) is 34.8 Å². The number of pyridine rings is 3. The van der Waals surface area contributed by atoms with Crippen LogP contribution in [0.2, 0.25) is 0 Å². The number of benzene rings is 8. The van der Waals surface area contributed by atoms with Crippen molar-refractivity contribution in [1.29, 1.82) is 0 Å². The van der Waals surface area contributed by atoms with Gasteiger partial charge in [0.2, 0.25) is 0 Å². The van der Waals surface area contributed by atoms with Gasteiger partial charge >= 0.3 is 248 Å². The van der Waals surface area contributed by atoms with Crippen molar-refractivity contribution in [2.45, 2.75) is 58.0 Å². The zero-order valence-electron chi connectivity index (χ0n) is 69.9. The molecule has 3 N–H and O–H groups in total.